The summed E-state index contributed by atoms with van der Waals surface area (Å²) >= 11 is 0. The Morgan fingerprint density at radius 1 is 0.400 bits per heavy atom. The van der Waals surface area contributed by atoms with Gasteiger partial charge in [0, 0.05) is 97.6 Å². The summed E-state index contributed by atoms with van der Waals surface area (Å²) in [5, 5.41) is 9.41. The second kappa shape index (κ2) is 38.8. The number of rotatable bonds is 10. The van der Waals surface area contributed by atoms with Crippen LogP contribution in [0.25, 0.3) is 39.8 Å². The zero-order valence-corrected chi connectivity index (χ0v) is 54.4. The monoisotopic (exact) mass is 1650 g/mol. The zero-order chi connectivity index (χ0) is 57.4. The van der Waals surface area contributed by atoms with Crippen LogP contribution in [0.4, 0.5) is 17.1 Å². The molecule has 0 aliphatic heterocycles. The van der Waals surface area contributed by atoms with Crippen LogP contribution in [0.15, 0.2) is 277 Å². The van der Waals surface area contributed by atoms with Crippen molar-refractivity contribution in [2.75, 3.05) is 0 Å². The molecule has 10 nitrogen and oxygen atoms in total. The number of hydrogen-bond acceptors (Lipinski definition) is 7. The molecule has 6 heterocycles. The molecular weight excluding hydrogens is 1580 g/mol. The van der Waals surface area contributed by atoms with Gasteiger partial charge in [-0.1, -0.05) is 116 Å². The molecule has 0 saturated heterocycles. The molecule has 0 spiro atoms. The molecule has 0 aliphatic carbocycles. The topological polar surface area (TPSA) is 138 Å². The molecule has 0 fully saturated rings. The Bertz CT molecular complexity index is 3440. The predicted octanol–water partition coefficient (Wildman–Crippen LogP) is 16.4. The van der Waals surface area contributed by atoms with Crippen LogP contribution in [0.5, 0.6) is 5.75 Å². The van der Waals surface area contributed by atoms with Gasteiger partial charge in [-0.05, 0) is 115 Å². The van der Waals surface area contributed by atoms with Crippen LogP contribution in [0.2, 0.25) is 0 Å². The molecule has 6 aromatic carbocycles. The van der Waals surface area contributed by atoms with E-state index in [2.05, 4.69) is 95.6 Å². The van der Waals surface area contributed by atoms with E-state index >= 15 is 0 Å². The summed E-state index contributed by atoms with van der Waals surface area (Å²) in [5.74, 6) is 0.278. The van der Waals surface area contributed by atoms with Gasteiger partial charge in [-0.3, -0.25) is 15.0 Å². The first-order valence-electron chi connectivity index (χ1n) is 26.3. The van der Waals surface area contributed by atoms with Gasteiger partial charge in [-0.2, -0.15) is 18.6 Å². The van der Waals surface area contributed by atoms with Gasteiger partial charge >= 0.3 is 0 Å². The first kappa shape index (κ1) is 68.6. The largest absolute Gasteiger partial charge is 0.663 e. The number of aromatic hydroxyl groups is 1. The number of pyridine rings is 3. The Hall–Kier alpha value is -8.89. The van der Waals surface area contributed by atoms with Crippen LogP contribution in [0.3, 0.4) is 0 Å². The molecule has 13 heteroatoms. The fourth-order valence-electron chi connectivity index (χ4n) is 7.64. The molecule has 3 radical (unpaired) electrons. The van der Waals surface area contributed by atoms with Gasteiger partial charge in [0.1, 0.15) is 5.75 Å². The zero-order valence-electron chi connectivity index (χ0n) is 47.2. The minimum absolute atomic E-state index is 0. The van der Waals surface area contributed by atoms with Crippen LogP contribution < -0.4 is 15.0 Å². The van der Waals surface area contributed by atoms with Crippen LogP contribution >= 0.6 is 0 Å². The second-order valence-electron chi connectivity index (χ2n) is 17.9. The van der Waals surface area contributed by atoms with Crippen molar-refractivity contribution in [3.63, 3.8) is 0 Å². The molecule has 85 heavy (non-hydrogen) atoms. The summed E-state index contributed by atoms with van der Waals surface area (Å²) in [6.07, 6.45) is 17.7. The second-order valence-corrected chi connectivity index (χ2v) is 17.9. The molecular formula is C72H61Ir3N9O-6. The van der Waals surface area contributed by atoms with Crippen LogP contribution in [-0.4, -0.2) is 38.7 Å². The van der Waals surface area contributed by atoms with E-state index in [-0.39, 0.29) is 66.1 Å². The number of phenolic OH excluding ortho intramolecular Hbond substituents is 1. The van der Waals surface area contributed by atoms with Gasteiger partial charge in [-0.15, -0.1) is 125 Å². The number of aromatic nitrogens is 6. The van der Waals surface area contributed by atoms with Crippen molar-refractivity contribution in [2.45, 2.75) is 27.7 Å². The molecule has 12 aromatic rings. The van der Waals surface area contributed by atoms with Gasteiger partial charge < -0.3 is 35.0 Å². The summed E-state index contributed by atoms with van der Waals surface area (Å²) in [5.41, 5.74) is 16.9. The number of hydrogen-bond donors (Lipinski definition) is 1. The van der Waals surface area contributed by atoms with E-state index in [0.29, 0.717) is 0 Å². The number of aliphatic imine (C=N–C) groups is 3. The van der Waals surface area contributed by atoms with E-state index in [0.717, 1.165) is 84.6 Å². The molecule has 0 bridgehead atoms. The summed E-state index contributed by atoms with van der Waals surface area (Å²) < 4.78 is 0. The van der Waals surface area contributed by atoms with Gasteiger partial charge in [0.25, 0.3) is 0 Å². The van der Waals surface area contributed by atoms with E-state index in [1.54, 1.807) is 68.0 Å². The smallest absolute Gasteiger partial charge is 0.116 e. The Morgan fingerprint density at radius 2 is 0.765 bits per heavy atom. The number of benzene rings is 6. The Balaban J connectivity index is 0.000000218. The molecule has 0 aliphatic rings. The van der Waals surface area contributed by atoms with E-state index in [1.165, 1.54) is 11.1 Å². The van der Waals surface area contributed by atoms with Crippen LogP contribution in [0, 0.1) is 45.9 Å². The van der Waals surface area contributed by atoms with Crippen molar-refractivity contribution in [1.82, 2.24) is 29.9 Å². The average molecular weight is 1640 g/mol. The standard InChI is InChI=1S/C13H13N2O.C13H13N2.C13H11N2.3C11H8N.3Ir/c1-9-6-12(16)7-10(2)13(9)15-8-11-4-3-5-14-11;1-10-5-3-6-11(2)13(10)15-9-12-7-4-8-14-12;1-2-11-5-7-12(8-6-11)15-10-13-4-3-9-14-13;3*1-2-6-10(7-3-1)11-8-4-5-9-12-11;;;/h3-8H,1-2H3,(H-,14,15,16);3-9H,1-2H3;2-10H,1H2;3*1-6,8-9H;;;/q6*-1;;;. The van der Waals surface area contributed by atoms with Crippen molar-refractivity contribution in [1.29, 1.82) is 0 Å². The summed E-state index contributed by atoms with van der Waals surface area (Å²) in [6.45, 7) is 11.7. The molecule has 1 N–H and O–H groups in total. The van der Waals surface area contributed by atoms with Crippen molar-refractivity contribution >= 4 is 41.8 Å². The minimum atomic E-state index is 0. The SMILES string of the molecule is C=Cc1ccc(N=Cc2ccc[n-]2)cc1.Cc1cc(O)cc(C)c1N=Cc1ccc[n-]1.Cc1cccc(C)c1N=Cc1ccc[n-]1.[Ir].[Ir].[Ir].[c-]1ccccc1-c1ccccn1.[c-]1ccccc1-c1ccccn1.[c-]1ccccc1-c1ccccn1. The van der Waals surface area contributed by atoms with E-state index in [9.17, 15) is 5.11 Å². The molecule has 12 rings (SSSR count). The predicted molar refractivity (Wildman–Crippen MR) is 337 cm³/mol. The van der Waals surface area contributed by atoms with Crippen molar-refractivity contribution in [3.8, 4) is 39.5 Å². The van der Waals surface area contributed by atoms with Gasteiger partial charge in [-0.25, -0.2) is 0 Å². The summed E-state index contributed by atoms with van der Waals surface area (Å²) in [4.78, 5) is 38.2. The van der Waals surface area contributed by atoms with E-state index < -0.39 is 0 Å². The van der Waals surface area contributed by atoms with Crippen LogP contribution in [0.1, 0.15) is 44.9 Å². The van der Waals surface area contributed by atoms with Crippen molar-refractivity contribution in [3.05, 3.63) is 325 Å². The minimum Gasteiger partial charge on any atom is -0.663 e. The Labute approximate surface area is 540 Å². The summed E-state index contributed by atoms with van der Waals surface area (Å²) in [6, 6.07) is 79.4. The fourth-order valence-corrected chi connectivity index (χ4v) is 7.64. The molecule has 433 valence electrons. The number of phenols is 1. The third kappa shape index (κ3) is 24.1. The third-order valence-electron chi connectivity index (χ3n) is 11.7. The molecule has 0 amide bonds. The molecule has 0 atom stereocenters. The van der Waals surface area contributed by atoms with Gasteiger partial charge in [0.2, 0.25) is 0 Å². The van der Waals surface area contributed by atoms with Gasteiger partial charge in [0.05, 0.1) is 17.1 Å². The maximum atomic E-state index is 9.41. The summed E-state index contributed by atoms with van der Waals surface area (Å²) in [7, 11) is 0. The maximum Gasteiger partial charge on any atom is 0.116 e. The molecule has 0 saturated carbocycles. The fraction of sp³-hybridized carbons (Fsp3) is 0.0556. The van der Waals surface area contributed by atoms with Crippen molar-refractivity contribution in [2.24, 2.45) is 15.0 Å². The first-order chi connectivity index (χ1) is 40.2. The van der Waals surface area contributed by atoms with Crippen molar-refractivity contribution < 1.29 is 65.4 Å². The molecule has 0 unspecified atom stereocenters. The first-order valence-corrected chi connectivity index (χ1v) is 26.3. The molecule has 6 aromatic heterocycles. The maximum absolute atomic E-state index is 9.41. The Kier molecular flexibility index (Phi) is 31.3. The quantitative estimate of drug-likeness (QED) is 0.106. The van der Waals surface area contributed by atoms with Crippen LogP contribution in [-0.2, 0) is 60.3 Å². The number of para-hydroxylation sites is 1. The average Bonchev–Trinajstić information content (AvgIpc) is 4.45. The number of aryl methyl sites for hydroxylation is 4. The van der Waals surface area contributed by atoms with E-state index in [1.807, 2.05) is 214 Å². The normalized spacial score (nSPS) is 10.0. The number of nitrogens with zero attached hydrogens (tertiary/aromatic N) is 9. The third-order valence-corrected chi connectivity index (χ3v) is 11.7. The van der Waals surface area contributed by atoms with Gasteiger partial charge in [0.15, 0.2) is 0 Å². The Morgan fingerprint density at radius 3 is 1.08 bits per heavy atom. The van der Waals surface area contributed by atoms with E-state index in [4.69, 9.17) is 0 Å².